The van der Waals surface area contributed by atoms with Crippen LogP contribution in [0, 0.1) is 6.92 Å². The number of anilines is 2. The molecule has 3 rings (SSSR count). The summed E-state index contributed by atoms with van der Waals surface area (Å²) < 4.78 is 0. The van der Waals surface area contributed by atoms with Crippen molar-refractivity contribution >= 4 is 17.4 Å². The highest BCUT2D eigenvalue weighted by Crippen LogP contribution is 2.26. The van der Waals surface area contributed by atoms with Gasteiger partial charge in [0.2, 0.25) is 0 Å². The van der Waals surface area contributed by atoms with Gasteiger partial charge in [0.25, 0.3) is 5.91 Å². The molecular weight excluding hydrogens is 324 g/mol. The Morgan fingerprint density at radius 1 is 1.23 bits per heavy atom. The van der Waals surface area contributed by atoms with Crippen molar-refractivity contribution in [3.8, 4) is 0 Å². The summed E-state index contributed by atoms with van der Waals surface area (Å²) in [5, 5.41) is 3.01. The van der Waals surface area contributed by atoms with E-state index in [1.807, 2.05) is 37.3 Å². The van der Waals surface area contributed by atoms with E-state index in [1.165, 1.54) is 19.3 Å². The van der Waals surface area contributed by atoms with Gasteiger partial charge in [0.1, 0.15) is 17.3 Å². The van der Waals surface area contributed by atoms with Crippen LogP contribution >= 0.6 is 0 Å². The predicted octanol–water partition coefficient (Wildman–Crippen LogP) is 4.37. The van der Waals surface area contributed by atoms with Crippen molar-refractivity contribution in [3.05, 3.63) is 47.4 Å². The number of piperidine rings is 1. The summed E-state index contributed by atoms with van der Waals surface area (Å²) in [6.45, 7) is 7.14. The highest BCUT2D eigenvalue weighted by atomic mass is 16.1. The van der Waals surface area contributed by atoms with Gasteiger partial charge in [-0.15, -0.1) is 0 Å². The smallest absolute Gasteiger partial charge is 0.274 e. The van der Waals surface area contributed by atoms with Gasteiger partial charge in [-0.2, -0.15) is 0 Å². The van der Waals surface area contributed by atoms with Gasteiger partial charge in [-0.3, -0.25) is 4.79 Å². The van der Waals surface area contributed by atoms with E-state index in [-0.39, 0.29) is 5.91 Å². The van der Waals surface area contributed by atoms with Gasteiger partial charge in [-0.25, -0.2) is 9.97 Å². The molecule has 1 aromatic heterocycles. The first-order valence-electron chi connectivity index (χ1n) is 9.64. The molecule has 1 atom stereocenters. The number of aryl methyl sites for hydroxylation is 2. The van der Waals surface area contributed by atoms with E-state index in [0.717, 1.165) is 36.5 Å². The minimum absolute atomic E-state index is 0.178. The highest BCUT2D eigenvalue weighted by molar-refractivity contribution is 6.03. The number of amides is 1. The standard InChI is InChI=1S/C21H28N4O/c1-4-16-10-6-7-12-18(16)24-21(26)19-14-20(23-15(3)22-19)25-13-9-8-11-17(25)5-2/h6-7,10,12,14,17H,4-5,8-9,11,13H2,1-3H3,(H,24,26). The average Bonchev–Trinajstić information content (AvgIpc) is 2.67. The fourth-order valence-corrected chi connectivity index (χ4v) is 3.68. The van der Waals surface area contributed by atoms with Gasteiger partial charge in [0.05, 0.1) is 0 Å². The molecule has 1 amide bonds. The summed E-state index contributed by atoms with van der Waals surface area (Å²) in [5.41, 5.74) is 2.40. The maximum atomic E-state index is 12.8. The molecule has 1 N–H and O–H groups in total. The number of nitrogens with one attached hydrogen (secondary N) is 1. The second-order valence-corrected chi connectivity index (χ2v) is 6.87. The Kier molecular flexibility index (Phi) is 5.86. The van der Waals surface area contributed by atoms with Gasteiger partial charge in [-0.05, 0) is 50.7 Å². The summed E-state index contributed by atoms with van der Waals surface area (Å²) in [6.07, 6.45) is 5.58. The Morgan fingerprint density at radius 2 is 2.04 bits per heavy atom. The van der Waals surface area contributed by atoms with E-state index >= 15 is 0 Å². The molecule has 5 nitrogen and oxygen atoms in total. The number of hydrogen-bond acceptors (Lipinski definition) is 4. The third kappa shape index (κ3) is 4.03. The first-order valence-corrected chi connectivity index (χ1v) is 9.64. The van der Waals surface area contributed by atoms with Crippen LogP contribution in [0.2, 0.25) is 0 Å². The van der Waals surface area contributed by atoms with Crippen molar-refractivity contribution in [1.29, 1.82) is 0 Å². The quantitative estimate of drug-likeness (QED) is 0.868. The van der Waals surface area contributed by atoms with E-state index in [0.29, 0.717) is 17.6 Å². The zero-order chi connectivity index (χ0) is 18.5. The second kappa shape index (κ2) is 8.30. The summed E-state index contributed by atoms with van der Waals surface area (Å²) in [5.74, 6) is 1.33. The summed E-state index contributed by atoms with van der Waals surface area (Å²) in [4.78, 5) is 24.1. The van der Waals surface area contributed by atoms with Crippen LogP contribution < -0.4 is 10.2 Å². The van der Waals surface area contributed by atoms with Crippen molar-refractivity contribution in [2.45, 2.75) is 58.9 Å². The lowest BCUT2D eigenvalue weighted by Gasteiger charge is -2.36. The molecule has 1 unspecified atom stereocenters. The fraction of sp³-hybridized carbons (Fsp3) is 0.476. The lowest BCUT2D eigenvalue weighted by Crippen LogP contribution is -2.40. The van der Waals surface area contributed by atoms with Crippen molar-refractivity contribution < 1.29 is 4.79 Å². The molecule has 138 valence electrons. The Bertz CT molecular complexity index is 774. The van der Waals surface area contributed by atoms with E-state index in [1.54, 1.807) is 0 Å². The van der Waals surface area contributed by atoms with E-state index in [4.69, 9.17) is 0 Å². The highest BCUT2D eigenvalue weighted by Gasteiger charge is 2.23. The van der Waals surface area contributed by atoms with E-state index in [2.05, 4.69) is 34.0 Å². The monoisotopic (exact) mass is 352 g/mol. The molecule has 0 saturated carbocycles. The molecule has 1 fully saturated rings. The minimum Gasteiger partial charge on any atom is -0.354 e. The molecule has 0 aliphatic carbocycles. The second-order valence-electron chi connectivity index (χ2n) is 6.87. The zero-order valence-corrected chi connectivity index (χ0v) is 16.0. The summed E-state index contributed by atoms with van der Waals surface area (Å²) in [7, 11) is 0. The van der Waals surface area contributed by atoms with Crippen LogP contribution in [-0.4, -0.2) is 28.5 Å². The van der Waals surface area contributed by atoms with Gasteiger partial charge in [0, 0.05) is 24.3 Å². The van der Waals surface area contributed by atoms with Gasteiger partial charge >= 0.3 is 0 Å². The number of rotatable bonds is 5. The molecule has 26 heavy (non-hydrogen) atoms. The number of benzene rings is 1. The van der Waals surface area contributed by atoms with Crippen LogP contribution in [-0.2, 0) is 6.42 Å². The first kappa shape index (κ1) is 18.4. The number of hydrogen-bond donors (Lipinski definition) is 1. The Labute approximate surface area is 155 Å². The molecule has 1 aromatic carbocycles. The Morgan fingerprint density at radius 3 is 2.81 bits per heavy atom. The van der Waals surface area contributed by atoms with Gasteiger partial charge in [0.15, 0.2) is 0 Å². The van der Waals surface area contributed by atoms with Crippen molar-refractivity contribution in [2.24, 2.45) is 0 Å². The summed E-state index contributed by atoms with van der Waals surface area (Å²) in [6, 6.07) is 10.2. The molecule has 2 aromatic rings. The molecule has 0 radical (unpaired) electrons. The van der Waals surface area contributed by atoms with Crippen molar-refractivity contribution in [3.63, 3.8) is 0 Å². The molecular formula is C21H28N4O. The minimum atomic E-state index is -0.178. The molecule has 5 heteroatoms. The first-order chi connectivity index (χ1) is 12.6. The van der Waals surface area contributed by atoms with Crippen molar-refractivity contribution in [2.75, 3.05) is 16.8 Å². The number of carbonyl (C=O) groups is 1. The lowest BCUT2D eigenvalue weighted by atomic mass is 10.00. The van der Waals surface area contributed by atoms with Crippen LogP contribution in [0.25, 0.3) is 0 Å². The summed E-state index contributed by atoms with van der Waals surface area (Å²) >= 11 is 0. The average molecular weight is 352 g/mol. The number of carbonyl (C=O) groups excluding carboxylic acids is 1. The topological polar surface area (TPSA) is 58.1 Å². The Hall–Kier alpha value is -2.43. The third-order valence-corrected chi connectivity index (χ3v) is 5.10. The number of aromatic nitrogens is 2. The molecule has 2 heterocycles. The van der Waals surface area contributed by atoms with Crippen LogP contribution in [0.5, 0.6) is 0 Å². The molecule has 1 aliphatic heterocycles. The molecule has 1 aliphatic rings. The maximum Gasteiger partial charge on any atom is 0.274 e. The molecule has 1 saturated heterocycles. The van der Waals surface area contributed by atoms with Crippen LogP contribution in [0.1, 0.15) is 61.4 Å². The van der Waals surface area contributed by atoms with E-state index < -0.39 is 0 Å². The number of nitrogens with zero attached hydrogens (tertiary/aromatic N) is 3. The van der Waals surface area contributed by atoms with Gasteiger partial charge in [-0.1, -0.05) is 32.0 Å². The van der Waals surface area contributed by atoms with Crippen LogP contribution in [0.15, 0.2) is 30.3 Å². The lowest BCUT2D eigenvalue weighted by molar-refractivity contribution is 0.102. The number of para-hydroxylation sites is 1. The third-order valence-electron chi connectivity index (χ3n) is 5.10. The molecule has 0 bridgehead atoms. The molecule has 0 spiro atoms. The van der Waals surface area contributed by atoms with Crippen molar-refractivity contribution in [1.82, 2.24) is 9.97 Å². The van der Waals surface area contributed by atoms with Gasteiger partial charge < -0.3 is 10.2 Å². The normalized spacial score (nSPS) is 17.2. The van der Waals surface area contributed by atoms with Crippen LogP contribution in [0.3, 0.4) is 0 Å². The predicted molar refractivity (Wildman–Crippen MR) is 106 cm³/mol. The zero-order valence-electron chi connectivity index (χ0n) is 16.0. The Balaban J connectivity index is 1.86. The fourth-order valence-electron chi connectivity index (χ4n) is 3.68. The maximum absolute atomic E-state index is 12.8. The largest absolute Gasteiger partial charge is 0.354 e. The SMILES string of the molecule is CCc1ccccc1NC(=O)c1cc(N2CCCCC2CC)nc(C)n1. The van der Waals surface area contributed by atoms with Crippen LogP contribution in [0.4, 0.5) is 11.5 Å². The van der Waals surface area contributed by atoms with E-state index in [9.17, 15) is 4.79 Å².